The van der Waals surface area contributed by atoms with E-state index in [1.807, 2.05) is 42.2 Å². The Morgan fingerprint density at radius 1 is 1.43 bits per heavy atom. The number of nitrogens with one attached hydrogen (secondary N) is 1. The number of hydrogen-bond acceptors (Lipinski definition) is 6. The van der Waals surface area contributed by atoms with Crippen LogP contribution in [0.2, 0.25) is 0 Å². The predicted molar refractivity (Wildman–Crippen MR) is 86.0 cm³/mol. The Kier molecular flexibility index (Phi) is 4.52. The van der Waals surface area contributed by atoms with Crippen molar-refractivity contribution in [3.63, 3.8) is 0 Å². The number of rotatable bonds is 5. The van der Waals surface area contributed by atoms with Crippen LogP contribution < -0.4 is 11.1 Å². The summed E-state index contributed by atoms with van der Waals surface area (Å²) in [5.74, 6) is 0.503. The van der Waals surface area contributed by atoms with Gasteiger partial charge in [0.1, 0.15) is 6.04 Å². The van der Waals surface area contributed by atoms with Gasteiger partial charge in [-0.15, -0.1) is 0 Å². The topological polar surface area (TPSA) is 102 Å². The first kappa shape index (κ1) is 15.4. The zero-order valence-corrected chi connectivity index (χ0v) is 13.1. The van der Waals surface area contributed by atoms with Gasteiger partial charge in [-0.3, -0.25) is 4.79 Å². The smallest absolute Gasteiger partial charge is 0.248 e. The van der Waals surface area contributed by atoms with Crippen LogP contribution in [-0.2, 0) is 4.79 Å². The molecular weight excluding hydrogens is 294 g/mol. The van der Waals surface area contributed by atoms with E-state index in [-0.39, 0.29) is 18.0 Å². The summed E-state index contributed by atoms with van der Waals surface area (Å²) in [6, 6.07) is 9.27. The Labute approximate surface area is 134 Å². The summed E-state index contributed by atoms with van der Waals surface area (Å²) in [4.78, 5) is 14.4. The molecule has 1 amide bonds. The lowest BCUT2D eigenvalue weighted by Gasteiger charge is -2.23. The van der Waals surface area contributed by atoms with Crippen molar-refractivity contribution in [2.24, 2.45) is 5.73 Å². The third-order valence-electron chi connectivity index (χ3n) is 4.02. The number of tetrazole rings is 1. The number of amides is 1. The van der Waals surface area contributed by atoms with Crippen LogP contribution in [0, 0.1) is 0 Å². The van der Waals surface area contributed by atoms with Crippen molar-refractivity contribution in [3.8, 4) is 5.69 Å². The van der Waals surface area contributed by atoms with Crippen molar-refractivity contribution < 1.29 is 4.79 Å². The molecule has 0 aliphatic carbocycles. The van der Waals surface area contributed by atoms with Crippen LogP contribution in [0.5, 0.6) is 0 Å². The molecule has 2 heterocycles. The molecule has 122 valence electrons. The number of carbonyl (C=O) groups excluding carboxylic acids is 1. The van der Waals surface area contributed by atoms with Gasteiger partial charge in [-0.25, -0.2) is 0 Å². The average molecular weight is 315 g/mol. The molecule has 0 radical (unpaired) electrons. The van der Waals surface area contributed by atoms with E-state index >= 15 is 0 Å². The zero-order chi connectivity index (χ0) is 16.2. The van der Waals surface area contributed by atoms with Crippen LogP contribution in [0.25, 0.3) is 5.69 Å². The lowest BCUT2D eigenvalue weighted by atomic mass is 10.2. The maximum Gasteiger partial charge on any atom is 0.248 e. The maximum absolute atomic E-state index is 12.6. The van der Waals surface area contributed by atoms with Crippen molar-refractivity contribution in [1.29, 1.82) is 0 Å². The summed E-state index contributed by atoms with van der Waals surface area (Å²) in [6.07, 6.45) is 1.50. The summed E-state index contributed by atoms with van der Waals surface area (Å²) in [5.41, 5.74) is 6.73. The van der Waals surface area contributed by atoms with E-state index in [1.165, 1.54) is 0 Å². The number of nitrogens with two attached hydrogens (primary N) is 1. The summed E-state index contributed by atoms with van der Waals surface area (Å²) in [7, 11) is 0. The van der Waals surface area contributed by atoms with Gasteiger partial charge >= 0.3 is 0 Å². The highest BCUT2D eigenvalue weighted by atomic mass is 16.2. The van der Waals surface area contributed by atoms with Gasteiger partial charge in [0, 0.05) is 19.1 Å². The summed E-state index contributed by atoms with van der Waals surface area (Å²) in [5, 5.41) is 14.9. The number of carbonyl (C=O) groups is 1. The summed E-state index contributed by atoms with van der Waals surface area (Å²) in [6.45, 7) is 3.28. The standard InChI is InChI=1S/C15H21N7O/c1-2-13(14(23)21-9-8-11(16)10-21)17-15-18-19-20-22(15)12-6-4-3-5-7-12/h3-7,11,13H,2,8-10,16H2,1H3,(H,17,18,20)/t11-,13-/m0/s1. The minimum absolute atomic E-state index is 0.0445. The number of hydrogen-bond donors (Lipinski definition) is 2. The minimum Gasteiger partial charge on any atom is -0.341 e. The molecule has 2 aromatic rings. The van der Waals surface area contributed by atoms with Gasteiger partial charge in [0.2, 0.25) is 11.9 Å². The lowest BCUT2D eigenvalue weighted by molar-refractivity contribution is -0.131. The molecule has 1 saturated heterocycles. The fourth-order valence-corrected chi connectivity index (χ4v) is 2.72. The minimum atomic E-state index is -0.367. The predicted octanol–water partition coefficient (Wildman–Crippen LogP) is 0.412. The van der Waals surface area contributed by atoms with Crippen LogP contribution in [0.15, 0.2) is 30.3 Å². The van der Waals surface area contributed by atoms with Gasteiger partial charge in [0.15, 0.2) is 0 Å². The molecule has 3 rings (SSSR count). The fraction of sp³-hybridized carbons (Fsp3) is 0.467. The highest BCUT2D eigenvalue weighted by molar-refractivity contribution is 5.84. The quantitative estimate of drug-likeness (QED) is 0.829. The van der Waals surface area contributed by atoms with Gasteiger partial charge < -0.3 is 16.0 Å². The summed E-state index contributed by atoms with van der Waals surface area (Å²) < 4.78 is 1.59. The maximum atomic E-state index is 12.6. The van der Waals surface area contributed by atoms with Crippen LogP contribution in [0.1, 0.15) is 19.8 Å². The van der Waals surface area contributed by atoms with Gasteiger partial charge in [0.25, 0.3) is 0 Å². The van der Waals surface area contributed by atoms with E-state index in [2.05, 4.69) is 20.8 Å². The Hall–Kier alpha value is -2.48. The number of para-hydroxylation sites is 1. The molecule has 1 aliphatic heterocycles. The first-order valence-corrected chi connectivity index (χ1v) is 7.83. The zero-order valence-electron chi connectivity index (χ0n) is 13.1. The highest BCUT2D eigenvalue weighted by Gasteiger charge is 2.29. The SMILES string of the molecule is CC[C@H](Nc1nnnn1-c1ccccc1)C(=O)N1CC[C@H](N)C1. The van der Waals surface area contributed by atoms with E-state index in [4.69, 9.17) is 5.73 Å². The lowest BCUT2D eigenvalue weighted by Crippen LogP contribution is -2.43. The Morgan fingerprint density at radius 3 is 2.87 bits per heavy atom. The summed E-state index contributed by atoms with van der Waals surface area (Å²) >= 11 is 0. The molecule has 8 nitrogen and oxygen atoms in total. The average Bonchev–Trinajstić information content (AvgIpc) is 3.21. The van der Waals surface area contributed by atoms with E-state index in [0.717, 1.165) is 12.1 Å². The largest absolute Gasteiger partial charge is 0.341 e. The highest BCUT2D eigenvalue weighted by Crippen LogP contribution is 2.15. The normalized spacial score (nSPS) is 18.9. The third kappa shape index (κ3) is 3.31. The first-order valence-electron chi connectivity index (χ1n) is 7.83. The number of nitrogens with zero attached hydrogens (tertiary/aromatic N) is 5. The van der Waals surface area contributed by atoms with Crippen molar-refractivity contribution >= 4 is 11.9 Å². The second kappa shape index (κ2) is 6.74. The third-order valence-corrected chi connectivity index (χ3v) is 4.02. The number of aromatic nitrogens is 4. The van der Waals surface area contributed by atoms with Crippen LogP contribution in [-0.4, -0.2) is 56.2 Å². The Balaban J connectivity index is 1.75. The molecule has 23 heavy (non-hydrogen) atoms. The molecule has 3 N–H and O–H groups in total. The molecule has 0 spiro atoms. The number of benzene rings is 1. The van der Waals surface area contributed by atoms with Crippen molar-refractivity contribution in [3.05, 3.63) is 30.3 Å². The fourth-order valence-electron chi connectivity index (χ4n) is 2.72. The van der Waals surface area contributed by atoms with Gasteiger partial charge in [0.05, 0.1) is 5.69 Å². The van der Waals surface area contributed by atoms with Gasteiger partial charge in [-0.1, -0.05) is 30.2 Å². The van der Waals surface area contributed by atoms with Gasteiger partial charge in [-0.2, -0.15) is 4.68 Å². The van der Waals surface area contributed by atoms with E-state index in [1.54, 1.807) is 4.68 Å². The van der Waals surface area contributed by atoms with E-state index < -0.39 is 0 Å². The number of likely N-dealkylation sites (tertiary alicyclic amines) is 1. The number of anilines is 1. The first-order chi connectivity index (χ1) is 11.2. The second-order valence-electron chi connectivity index (χ2n) is 5.69. The molecule has 0 unspecified atom stereocenters. The van der Waals surface area contributed by atoms with Crippen molar-refractivity contribution in [1.82, 2.24) is 25.1 Å². The van der Waals surface area contributed by atoms with E-state index in [0.29, 0.717) is 25.5 Å². The Morgan fingerprint density at radius 2 is 2.22 bits per heavy atom. The molecule has 2 atom stereocenters. The molecule has 1 fully saturated rings. The molecular formula is C15H21N7O. The molecule has 1 aromatic heterocycles. The molecule has 1 aromatic carbocycles. The van der Waals surface area contributed by atoms with Gasteiger partial charge in [-0.05, 0) is 35.4 Å². The van der Waals surface area contributed by atoms with E-state index in [9.17, 15) is 4.79 Å². The van der Waals surface area contributed by atoms with Crippen molar-refractivity contribution in [2.75, 3.05) is 18.4 Å². The van der Waals surface area contributed by atoms with Crippen LogP contribution >= 0.6 is 0 Å². The molecule has 0 saturated carbocycles. The second-order valence-corrected chi connectivity index (χ2v) is 5.69. The van der Waals surface area contributed by atoms with Crippen LogP contribution in [0.3, 0.4) is 0 Å². The molecule has 8 heteroatoms. The van der Waals surface area contributed by atoms with Crippen LogP contribution in [0.4, 0.5) is 5.95 Å². The van der Waals surface area contributed by atoms with Crippen molar-refractivity contribution in [2.45, 2.75) is 31.8 Å². The molecule has 0 bridgehead atoms. The monoisotopic (exact) mass is 315 g/mol. The molecule has 1 aliphatic rings. The Bertz CT molecular complexity index is 657.